The fourth-order valence-corrected chi connectivity index (χ4v) is 1.50. The van der Waals surface area contributed by atoms with E-state index in [2.05, 4.69) is 0 Å². The zero-order valence-electron chi connectivity index (χ0n) is 4.36. The van der Waals surface area contributed by atoms with Gasteiger partial charge in [0.1, 0.15) is 6.17 Å². The topological polar surface area (TPSA) is 0 Å². The lowest BCUT2D eigenvalue weighted by molar-refractivity contribution is 0.220. The van der Waals surface area contributed by atoms with E-state index in [9.17, 15) is 4.39 Å². The summed E-state index contributed by atoms with van der Waals surface area (Å²) in [4.78, 5) is 0. The van der Waals surface area contributed by atoms with Gasteiger partial charge in [-0.25, -0.2) is 4.39 Å². The average Bonchev–Trinajstić information content (AvgIpc) is 1.58. The van der Waals surface area contributed by atoms with Crippen LogP contribution in [0.1, 0.15) is 12.8 Å². The van der Waals surface area contributed by atoms with Gasteiger partial charge in [0, 0.05) is 5.25 Å². The minimum absolute atomic E-state index is 0.475. The van der Waals surface area contributed by atoms with Crippen LogP contribution in [0.3, 0.4) is 0 Å². The summed E-state index contributed by atoms with van der Waals surface area (Å²) in [5.74, 6) is 0. The molecule has 0 aromatic carbocycles. The number of hydrogen-bond acceptors (Lipinski definition) is 1. The molecule has 0 amide bonds. The third-order valence-electron chi connectivity index (χ3n) is 1.37. The van der Waals surface area contributed by atoms with E-state index in [1.54, 1.807) is 11.8 Å². The average molecular weight is 120 g/mol. The lowest BCUT2D eigenvalue weighted by atomic mass is 9.97. The summed E-state index contributed by atoms with van der Waals surface area (Å²) in [5.41, 5.74) is 0. The maximum atomic E-state index is 11.9. The fraction of sp³-hybridized carbons (Fsp3) is 1.00. The van der Waals surface area contributed by atoms with Gasteiger partial charge in [0.25, 0.3) is 0 Å². The van der Waals surface area contributed by atoms with Crippen LogP contribution >= 0.6 is 11.8 Å². The molecule has 1 aliphatic carbocycles. The van der Waals surface area contributed by atoms with E-state index in [4.69, 9.17) is 0 Å². The highest BCUT2D eigenvalue weighted by atomic mass is 32.2. The minimum Gasteiger partial charge on any atom is -0.247 e. The SMILES string of the molecule is CSC1CC(F)C1. The van der Waals surface area contributed by atoms with Crippen molar-refractivity contribution in [2.45, 2.75) is 24.3 Å². The van der Waals surface area contributed by atoms with Crippen molar-refractivity contribution in [1.82, 2.24) is 0 Å². The monoisotopic (exact) mass is 120 g/mol. The van der Waals surface area contributed by atoms with E-state index in [-0.39, 0.29) is 0 Å². The predicted octanol–water partition coefficient (Wildman–Crippen LogP) is 1.85. The molecule has 0 atom stereocenters. The second-order valence-corrected chi connectivity index (χ2v) is 3.06. The molecule has 0 aliphatic heterocycles. The van der Waals surface area contributed by atoms with E-state index in [0.29, 0.717) is 5.25 Å². The molecule has 0 aromatic heterocycles. The van der Waals surface area contributed by atoms with Crippen LogP contribution in [-0.2, 0) is 0 Å². The first-order valence-electron chi connectivity index (χ1n) is 2.50. The van der Waals surface area contributed by atoms with Crippen molar-refractivity contribution in [2.24, 2.45) is 0 Å². The molecule has 0 unspecified atom stereocenters. The van der Waals surface area contributed by atoms with Gasteiger partial charge in [-0.3, -0.25) is 0 Å². The molecule has 1 saturated carbocycles. The molecule has 0 saturated heterocycles. The number of hydrogen-bond donors (Lipinski definition) is 0. The van der Waals surface area contributed by atoms with Crippen LogP contribution < -0.4 is 0 Å². The molecule has 0 radical (unpaired) electrons. The smallest absolute Gasteiger partial charge is 0.102 e. The quantitative estimate of drug-likeness (QED) is 0.509. The minimum atomic E-state index is -0.475. The zero-order valence-corrected chi connectivity index (χ0v) is 5.17. The predicted molar refractivity (Wildman–Crippen MR) is 31.4 cm³/mol. The molecule has 0 nitrogen and oxygen atoms in total. The van der Waals surface area contributed by atoms with Gasteiger partial charge in [-0.1, -0.05) is 0 Å². The van der Waals surface area contributed by atoms with Crippen molar-refractivity contribution in [2.75, 3.05) is 6.26 Å². The molecule has 0 N–H and O–H groups in total. The van der Waals surface area contributed by atoms with Gasteiger partial charge in [0.05, 0.1) is 0 Å². The van der Waals surface area contributed by atoms with E-state index >= 15 is 0 Å². The Morgan fingerprint density at radius 2 is 2.14 bits per heavy atom. The lowest BCUT2D eigenvalue weighted by Crippen LogP contribution is -2.26. The van der Waals surface area contributed by atoms with Gasteiger partial charge >= 0.3 is 0 Å². The molecule has 42 valence electrons. The molecule has 0 heterocycles. The summed E-state index contributed by atoms with van der Waals surface area (Å²) in [7, 11) is 0. The Labute approximate surface area is 47.5 Å². The summed E-state index contributed by atoms with van der Waals surface area (Å²) in [6, 6.07) is 0. The number of alkyl halides is 1. The van der Waals surface area contributed by atoms with Crippen molar-refractivity contribution in [3.05, 3.63) is 0 Å². The normalized spacial score (nSPS) is 40.3. The van der Waals surface area contributed by atoms with Crippen LogP contribution in [0.2, 0.25) is 0 Å². The van der Waals surface area contributed by atoms with Gasteiger partial charge in [-0.05, 0) is 19.1 Å². The Kier molecular flexibility index (Phi) is 1.57. The summed E-state index contributed by atoms with van der Waals surface area (Å²) in [6.45, 7) is 0. The summed E-state index contributed by atoms with van der Waals surface area (Å²) >= 11 is 1.78. The molecule has 0 bridgehead atoms. The number of rotatable bonds is 1. The molecular weight excluding hydrogens is 111 g/mol. The van der Waals surface area contributed by atoms with Gasteiger partial charge in [0.2, 0.25) is 0 Å². The first kappa shape index (κ1) is 5.42. The maximum absolute atomic E-state index is 11.9. The van der Waals surface area contributed by atoms with Crippen molar-refractivity contribution in [1.29, 1.82) is 0 Å². The van der Waals surface area contributed by atoms with E-state index in [1.807, 2.05) is 6.26 Å². The Morgan fingerprint density at radius 3 is 2.29 bits per heavy atom. The highest BCUT2D eigenvalue weighted by Gasteiger charge is 2.27. The van der Waals surface area contributed by atoms with E-state index in [1.165, 1.54) is 0 Å². The molecule has 2 heteroatoms. The number of halogens is 1. The van der Waals surface area contributed by atoms with Crippen LogP contribution in [0.5, 0.6) is 0 Å². The molecule has 7 heavy (non-hydrogen) atoms. The molecular formula is C5H9FS. The van der Waals surface area contributed by atoms with Crippen LogP contribution in [0.4, 0.5) is 4.39 Å². The molecule has 1 aliphatic rings. The Morgan fingerprint density at radius 1 is 1.57 bits per heavy atom. The zero-order chi connectivity index (χ0) is 5.28. The van der Waals surface area contributed by atoms with Gasteiger partial charge in [-0.15, -0.1) is 0 Å². The van der Waals surface area contributed by atoms with Crippen LogP contribution in [-0.4, -0.2) is 17.7 Å². The van der Waals surface area contributed by atoms with E-state index in [0.717, 1.165) is 12.8 Å². The van der Waals surface area contributed by atoms with Crippen LogP contribution in [0.15, 0.2) is 0 Å². The maximum Gasteiger partial charge on any atom is 0.102 e. The summed E-state index contributed by atoms with van der Waals surface area (Å²) in [6.07, 6.45) is 3.15. The highest BCUT2D eigenvalue weighted by Crippen LogP contribution is 2.31. The Balaban J connectivity index is 2.06. The largest absolute Gasteiger partial charge is 0.247 e. The van der Waals surface area contributed by atoms with Gasteiger partial charge in [-0.2, -0.15) is 11.8 Å². The van der Waals surface area contributed by atoms with Crippen molar-refractivity contribution in [3.63, 3.8) is 0 Å². The second-order valence-electron chi connectivity index (χ2n) is 1.93. The first-order chi connectivity index (χ1) is 3.33. The molecule has 0 spiro atoms. The van der Waals surface area contributed by atoms with Gasteiger partial charge in [0.15, 0.2) is 0 Å². The van der Waals surface area contributed by atoms with E-state index < -0.39 is 6.17 Å². The standard InChI is InChI=1S/C5H9FS/c1-7-5-2-4(6)3-5/h4-5H,2-3H2,1H3. The molecule has 1 fully saturated rings. The lowest BCUT2D eigenvalue weighted by Gasteiger charge is -2.27. The van der Waals surface area contributed by atoms with Crippen molar-refractivity contribution in [3.8, 4) is 0 Å². The van der Waals surface area contributed by atoms with Crippen LogP contribution in [0, 0.1) is 0 Å². The summed E-state index contributed by atoms with van der Waals surface area (Å²) < 4.78 is 11.9. The third kappa shape index (κ3) is 1.09. The number of thioether (sulfide) groups is 1. The summed E-state index contributed by atoms with van der Waals surface area (Å²) in [5, 5.41) is 0.634. The second kappa shape index (κ2) is 2.03. The van der Waals surface area contributed by atoms with Crippen LogP contribution in [0.25, 0.3) is 0 Å². The first-order valence-corrected chi connectivity index (χ1v) is 3.78. The highest BCUT2D eigenvalue weighted by molar-refractivity contribution is 7.99. The fourth-order valence-electron chi connectivity index (χ4n) is 0.694. The molecule has 0 aromatic rings. The molecule has 1 rings (SSSR count). The third-order valence-corrected chi connectivity index (χ3v) is 2.42. The van der Waals surface area contributed by atoms with Gasteiger partial charge < -0.3 is 0 Å². The van der Waals surface area contributed by atoms with Crippen molar-refractivity contribution >= 4 is 11.8 Å². The van der Waals surface area contributed by atoms with Crippen molar-refractivity contribution < 1.29 is 4.39 Å². The Hall–Kier alpha value is 0.280. The Bertz CT molecular complexity index is 59.1.